The first-order valence-electron chi connectivity index (χ1n) is 9.91. The van der Waals surface area contributed by atoms with Crippen LogP contribution < -0.4 is 10.6 Å². The summed E-state index contributed by atoms with van der Waals surface area (Å²) in [6.07, 6.45) is 0.623. The van der Waals surface area contributed by atoms with Crippen molar-refractivity contribution >= 4 is 35.0 Å². The largest absolute Gasteiger partial charge is 0.326 e. The van der Waals surface area contributed by atoms with Crippen molar-refractivity contribution in [3.05, 3.63) is 65.7 Å². The minimum atomic E-state index is -0.355. The maximum absolute atomic E-state index is 13.0. The number of hydrogen-bond acceptors (Lipinski definition) is 5. The Morgan fingerprint density at radius 1 is 0.968 bits per heavy atom. The Balaban J connectivity index is 1.51. The van der Waals surface area contributed by atoms with Crippen LogP contribution in [0.4, 0.5) is 15.8 Å². The Morgan fingerprint density at radius 2 is 1.58 bits per heavy atom. The molecule has 0 fully saturated rings. The van der Waals surface area contributed by atoms with Gasteiger partial charge in [0.25, 0.3) is 0 Å². The number of anilines is 2. The molecule has 2 N–H and O–H groups in total. The van der Waals surface area contributed by atoms with E-state index in [1.807, 2.05) is 42.7 Å². The molecule has 0 aliphatic carbocycles. The van der Waals surface area contributed by atoms with Gasteiger partial charge in [0.05, 0.1) is 5.75 Å². The van der Waals surface area contributed by atoms with E-state index >= 15 is 0 Å². The highest BCUT2D eigenvalue weighted by Crippen LogP contribution is 2.19. The van der Waals surface area contributed by atoms with E-state index < -0.39 is 0 Å². The zero-order chi connectivity index (χ0) is 22.2. The lowest BCUT2D eigenvalue weighted by Crippen LogP contribution is -2.15. The number of rotatable bonds is 9. The summed E-state index contributed by atoms with van der Waals surface area (Å²) >= 11 is 1.30. The molecule has 9 heteroatoms. The number of nitrogens with one attached hydrogen (secondary N) is 2. The van der Waals surface area contributed by atoms with Crippen LogP contribution in [-0.2, 0) is 22.6 Å². The average Bonchev–Trinajstić information content (AvgIpc) is 3.16. The molecule has 0 aliphatic heterocycles. The van der Waals surface area contributed by atoms with Crippen LogP contribution in [0.2, 0.25) is 0 Å². The fraction of sp³-hybridized carbons (Fsp3) is 0.273. The van der Waals surface area contributed by atoms with Crippen molar-refractivity contribution in [1.29, 1.82) is 0 Å². The molecule has 0 aliphatic rings. The van der Waals surface area contributed by atoms with Crippen molar-refractivity contribution in [2.75, 3.05) is 16.4 Å². The first-order chi connectivity index (χ1) is 14.9. The van der Waals surface area contributed by atoms with E-state index in [1.165, 1.54) is 36.0 Å². The Morgan fingerprint density at radius 3 is 2.23 bits per heavy atom. The van der Waals surface area contributed by atoms with E-state index in [2.05, 4.69) is 20.8 Å². The molecule has 0 unspecified atom stereocenters. The highest BCUT2D eigenvalue weighted by Gasteiger charge is 2.14. The number of hydrogen-bond donors (Lipinski definition) is 2. The van der Waals surface area contributed by atoms with Gasteiger partial charge in [-0.1, -0.05) is 29.5 Å². The number of aryl methyl sites for hydroxylation is 2. The number of benzene rings is 2. The predicted octanol–water partition coefficient (Wildman–Crippen LogP) is 4.05. The minimum absolute atomic E-state index is 0.125. The first-order valence-corrected chi connectivity index (χ1v) is 10.9. The summed E-state index contributed by atoms with van der Waals surface area (Å²) < 4.78 is 14.9. The third-order valence-electron chi connectivity index (χ3n) is 4.48. The zero-order valence-corrected chi connectivity index (χ0v) is 18.2. The smallest absolute Gasteiger partial charge is 0.234 e. The van der Waals surface area contributed by atoms with Gasteiger partial charge in [0, 0.05) is 30.8 Å². The SMILES string of the molecule is CCn1c(CCC(=O)Nc2ccc(F)cc2)nnc1SCC(=O)Nc1ccc(C)cc1. The van der Waals surface area contributed by atoms with E-state index in [0.29, 0.717) is 29.6 Å². The van der Waals surface area contributed by atoms with Crippen LogP contribution in [0, 0.1) is 12.7 Å². The number of halogens is 1. The fourth-order valence-corrected chi connectivity index (χ4v) is 3.70. The molecule has 2 aromatic carbocycles. The van der Waals surface area contributed by atoms with Gasteiger partial charge >= 0.3 is 0 Å². The second kappa shape index (κ2) is 10.7. The zero-order valence-electron chi connectivity index (χ0n) is 17.4. The highest BCUT2D eigenvalue weighted by atomic mass is 32.2. The van der Waals surface area contributed by atoms with Gasteiger partial charge in [0.2, 0.25) is 11.8 Å². The van der Waals surface area contributed by atoms with Crippen LogP contribution in [0.15, 0.2) is 53.7 Å². The maximum Gasteiger partial charge on any atom is 0.234 e. The van der Waals surface area contributed by atoms with Crippen LogP contribution in [0.5, 0.6) is 0 Å². The van der Waals surface area contributed by atoms with Crippen molar-refractivity contribution in [3.8, 4) is 0 Å². The standard InChI is InChI=1S/C22H24FN5O2S/c1-3-28-19(12-13-20(29)24-18-10-6-16(23)7-11-18)26-27-22(28)31-14-21(30)25-17-8-4-15(2)5-9-17/h4-11H,3,12-14H2,1-2H3,(H,24,29)(H,25,30). The number of thioether (sulfide) groups is 1. The van der Waals surface area contributed by atoms with E-state index in [0.717, 1.165) is 11.3 Å². The first kappa shape index (κ1) is 22.5. The number of nitrogens with zero attached hydrogens (tertiary/aromatic N) is 3. The quantitative estimate of drug-likeness (QED) is 0.489. The summed E-state index contributed by atoms with van der Waals surface area (Å²) in [7, 11) is 0. The summed E-state index contributed by atoms with van der Waals surface area (Å²) in [5, 5.41) is 14.6. The lowest BCUT2D eigenvalue weighted by atomic mass is 10.2. The van der Waals surface area contributed by atoms with E-state index in [-0.39, 0.29) is 29.8 Å². The lowest BCUT2D eigenvalue weighted by Gasteiger charge is -2.08. The van der Waals surface area contributed by atoms with Gasteiger partial charge in [-0.3, -0.25) is 9.59 Å². The van der Waals surface area contributed by atoms with Gasteiger partial charge in [0.1, 0.15) is 11.6 Å². The van der Waals surface area contributed by atoms with Crippen LogP contribution in [0.1, 0.15) is 24.7 Å². The second-order valence-corrected chi connectivity index (χ2v) is 7.84. The normalized spacial score (nSPS) is 10.7. The van der Waals surface area contributed by atoms with Gasteiger partial charge in [-0.2, -0.15) is 0 Å². The Kier molecular flexibility index (Phi) is 7.77. The van der Waals surface area contributed by atoms with Gasteiger partial charge in [-0.25, -0.2) is 4.39 Å². The van der Waals surface area contributed by atoms with Crippen LogP contribution in [0.25, 0.3) is 0 Å². The Bertz CT molecular complexity index is 954. The summed E-state index contributed by atoms with van der Waals surface area (Å²) in [5.74, 6) is 0.213. The third-order valence-corrected chi connectivity index (χ3v) is 5.45. The van der Waals surface area contributed by atoms with Crippen molar-refractivity contribution in [1.82, 2.24) is 14.8 Å². The lowest BCUT2D eigenvalue weighted by molar-refractivity contribution is -0.116. The van der Waals surface area contributed by atoms with Crippen molar-refractivity contribution in [2.24, 2.45) is 0 Å². The fourth-order valence-electron chi connectivity index (χ4n) is 2.87. The molecule has 0 radical (unpaired) electrons. The number of carbonyl (C=O) groups excluding carboxylic acids is 2. The molecule has 2 amide bonds. The van der Waals surface area contributed by atoms with E-state index in [9.17, 15) is 14.0 Å². The molecule has 1 aromatic heterocycles. The molecule has 0 saturated carbocycles. The molecular weight excluding hydrogens is 417 g/mol. The van der Waals surface area contributed by atoms with Crippen molar-refractivity contribution in [3.63, 3.8) is 0 Å². The number of aromatic nitrogens is 3. The minimum Gasteiger partial charge on any atom is -0.326 e. The number of amides is 2. The molecular formula is C22H24FN5O2S. The average molecular weight is 442 g/mol. The van der Waals surface area contributed by atoms with Crippen LogP contribution in [-0.4, -0.2) is 32.3 Å². The molecule has 31 heavy (non-hydrogen) atoms. The van der Waals surface area contributed by atoms with Gasteiger partial charge < -0.3 is 15.2 Å². The molecule has 3 aromatic rings. The van der Waals surface area contributed by atoms with E-state index in [1.54, 1.807) is 0 Å². The third kappa shape index (κ3) is 6.65. The van der Waals surface area contributed by atoms with E-state index in [4.69, 9.17) is 0 Å². The van der Waals surface area contributed by atoms with Gasteiger partial charge in [-0.05, 0) is 50.2 Å². The summed E-state index contributed by atoms with van der Waals surface area (Å²) in [6.45, 7) is 4.58. The summed E-state index contributed by atoms with van der Waals surface area (Å²) in [4.78, 5) is 24.4. The second-order valence-electron chi connectivity index (χ2n) is 6.90. The summed E-state index contributed by atoms with van der Waals surface area (Å²) in [5.41, 5.74) is 2.42. The molecule has 0 atom stereocenters. The maximum atomic E-state index is 13.0. The highest BCUT2D eigenvalue weighted by molar-refractivity contribution is 7.99. The van der Waals surface area contributed by atoms with Crippen LogP contribution >= 0.6 is 11.8 Å². The summed E-state index contributed by atoms with van der Waals surface area (Å²) in [6, 6.07) is 13.2. The molecule has 0 bridgehead atoms. The van der Waals surface area contributed by atoms with Crippen molar-refractivity contribution in [2.45, 2.75) is 38.4 Å². The molecule has 1 heterocycles. The topological polar surface area (TPSA) is 88.9 Å². The Hall–Kier alpha value is -3.20. The van der Waals surface area contributed by atoms with Gasteiger partial charge in [0.15, 0.2) is 5.16 Å². The number of carbonyl (C=O) groups is 2. The Labute approximate surface area is 184 Å². The molecule has 0 saturated heterocycles. The molecule has 7 nitrogen and oxygen atoms in total. The molecule has 162 valence electrons. The molecule has 3 rings (SSSR count). The van der Waals surface area contributed by atoms with Crippen molar-refractivity contribution < 1.29 is 14.0 Å². The van der Waals surface area contributed by atoms with Crippen LogP contribution in [0.3, 0.4) is 0 Å². The molecule has 0 spiro atoms. The van der Waals surface area contributed by atoms with Gasteiger partial charge in [-0.15, -0.1) is 10.2 Å². The predicted molar refractivity (Wildman–Crippen MR) is 120 cm³/mol. The monoisotopic (exact) mass is 441 g/mol.